The number of nitrogens with zero attached hydrogens (tertiary/aromatic N) is 5. The summed E-state index contributed by atoms with van der Waals surface area (Å²) in [5, 5.41) is 21.0. The van der Waals surface area contributed by atoms with E-state index in [2.05, 4.69) is 27.9 Å². The van der Waals surface area contributed by atoms with Crippen molar-refractivity contribution in [3.05, 3.63) is 89.5 Å². The van der Waals surface area contributed by atoms with Gasteiger partial charge in [-0.05, 0) is 37.4 Å². The number of hydrogen-bond acceptors (Lipinski definition) is 6. The third kappa shape index (κ3) is 5.30. The lowest BCUT2D eigenvalue weighted by Gasteiger charge is -2.32. The van der Waals surface area contributed by atoms with Crippen molar-refractivity contribution >= 4 is 33.9 Å². The van der Waals surface area contributed by atoms with Crippen molar-refractivity contribution in [2.45, 2.75) is 0 Å². The van der Waals surface area contributed by atoms with Gasteiger partial charge in [0.1, 0.15) is 0 Å². The molecule has 1 aliphatic rings. The van der Waals surface area contributed by atoms with Gasteiger partial charge >= 0.3 is 0 Å². The maximum Gasteiger partial charge on any atom is 0.240 e. The van der Waals surface area contributed by atoms with E-state index in [0.29, 0.717) is 34.6 Å². The third-order valence-corrected chi connectivity index (χ3v) is 6.98. The molecule has 0 bridgehead atoms. The van der Waals surface area contributed by atoms with Crippen LogP contribution in [0, 0.1) is 11.3 Å². The smallest absolute Gasteiger partial charge is 0.240 e. The van der Waals surface area contributed by atoms with E-state index in [1.54, 1.807) is 24.1 Å². The zero-order valence-corrected chi connectivity index (χ0v) is 21.6. The van der Waals surface area contributed by atoms with Crippen molar-refractivity contribution in [2.24, 2.45) is 4.99 Å². The number of aromatic nitrogens is 1. The van der Waals surface area contributed by atoms with E-state index in [9.17, 15) is 15.2 Å². The number of nitrogens with one attached hydrogen (secondary N) is 1. The van der Waals surface area contributed by atoms with Crippen LogP contribution in [0.25, 0.3) is 10.9 Å². The molecule has 0 radical (unpaired) electrons. The number of fused-ring (bicyclic) bond motifs is 1. The zero-order valence-electron chi connectivity index (χ0n) is 21.6. The van der Waals surface area contributed by atoms with Crippen LogP contribution in [0.2, 0.25) is 0 Å². The van der Waals surface area contributed by atoms with Crippen LogP contribution in [-0.2, 0) is 4.79 Å². The van der Waals surface area contributed by atoms with Crippen molar-refractivity contribution in [1.82, 2.24) is 14.8 Å². The van der Waals surface area contributed by atoms with Gasteiger partial charge < -0.3 is 19.9 Å². The van der Waals surface area contributed by atoms with Crippen molar-refractivity contribution < 1.29 is 9.90 Å². The first-order valence-electron chi connectivity index (χ1n) is 12.6. The Morgan fingerprint density at radius 1 is 1.05 bits per heavy atom. The number of likely N-dealkylation sites (N-methyl/N-ethyl adjacent to an activating group) is 2. The number of piperazine rings is 1. The van der Waals surface area contributed by atoms with Crippen LogP contribution in [0.1, 0.15) is 16.7 Å². The Hall–Kier alpha value is -4.45. The minimum absolute atomic E-state index is 0.0201. The summed E-state index contributed by atoms with van der Waals surface area (Å²) in [5.41, 5.74) is 4.53. The average molecular weight is 507 g/mol. The van der Waals surface area contributed by atoms with Gasteiger partial charge in [0.15, 0.2) is 5.88 Å². The molecule has 2 heterocycles. The van der Waals surface area contributed by atoms with Gasteiger partial charge in [-0.2, -0.15) is 5.26 Å². The van der Waals surface area contributed by atoms with Gasteiger partial charge in [0.2, 0.25) is 5.91 Å². The van der Waals surface area contributed by atoms with Crippen LogP contribution >= 0.6 is 0 Å². The summed E-state index contributed by atoms with van der Waals surface area (Å²) in [6.07, 6.45) is 0. The number of H-pyrrole nitrogens is 1. The molecular formula is C30H30N6O2. The van der Waals surface area contributed by atoms with Gasteiger partial charge in [-0.1, -0.05) is 42.5 Å². The summed E-state index contributed by atoms with van der Waals surface area (Å²) >= 11 is 0. The molecular weight excluding hydrogens is 476 g/mol. The highest BCUT2D eigenvalue weighted by Gasteiger charge is 2.21. The largest absolute Gasteiger partial charge is 0.494 e. The van der Waals surface area contributed by atoms with Crippen LogP contribution in [0.4, 0.5) is 11.4 Å². The second-order valence-corrected chi connectivity index (χ2v) is 9.60. The Labute approximate surface area is 222 Å². The van der Waals surface area contributed by atoms with Crippen molar-refractivity contribution in [3.8, 4) is 11.9 Å². The first kappa shape index (κ1) is 25.2. The van der Waals surface area contributed by atoms with Crippen molar-refractivity contribution in [3.63, 3.8) is 0 Å². The Kier molecular flexibility index (Phi) is 7.22. The zero-order chi connectivity index (χ0) is 26.6. The molecule has 1 fully saturated rings. The normalized spacial score (nSPS) is 14.9. The lowest BCUT2D eigenvalue weighted by Crippen LogP contribution is -2.48. The number of hydrogen-bond donors (Lipinski definition) is 2. The van der Waals surface area contributed by atoms with Crippen LogP contribution in [0.5, 0.6) is 5.88 Å². The molecule has 0 aliphatic carbocycles. The second-order valence-electron chi connectivity index (χ2n) is 9.60. The van der Waals surface area contributed by atoms with Crippen LogP contribution in [0.3, 0.4) is 0 Å². The number of anilines is 1. The number of aromatic hydroxyl groups is 1. The maximum atomic E-state index is 13.1. The predicted octanol–water partition coefficient (Wildman–Crippen LogP) is 4.12. The van der Waals surface area contributed by atoms with Gasteiger partial charge in [-0.25, -0.2) is 4.99 Å². The Bertz CT molecular complexity index is 1530. The second kappa shape index (κ2) is 10.9. The summed E-state index contributed by atoms with van der Waals surface area (Å²) < 4.78 is 0. The number of rotatable bonds is 6. The highest BCUT2D eigenvalue weighted by molar-refractivity contribution is 6.22. The summed E-state index contributed by atoms with van der Waals surface area (Å²) in [6.45, 7) is 4.06. The van der Waals surface area contributed by atoms with Gasteiger partial charge in [0.05, 0.1) is 40.7 Å². The van der Waals surface area contributed by atoms with E-state index in [0.717, 1.165) is 42.8 Å². The monoisotopic (exact) mass is 506 g/mol. The molecule has 1 aliphatic heterocycles. The van der Waals surface area contributed by atoms with E-state index in [4.69, 9.17) is 4.99 Å². The fourth-order valence-electron chi connectivity index (χ4n) is 4.70. The molecule has 0 spiro atoms. The Morgan fingerprint density at radius 2 is 1.82 bits per heavy atom. The average Bonchev–Trinajstić information content (AvgIpc) is 3.27. The standard InChI is InChI=1S/C30H30N6O2/c1-34-13-15-36(16-14-34)20-27(37)35(2)24-10-6-9-23(18-24)32-29(22-7-4-3-5-8-22)28-25-12-11-21(19-31)17-26(25)33-30(28)38/h3-12,17-18,33,38H,13-16,20H2,1-2H3. The first-order valence-corrected chi connectivity index (χ1v) is 12.6. The van der Waals surface area contributed by atoms with Crippen LogP contribution in [0.15, 0.2) is 77.8 Å². The van der Waals surface area contributed by atoms with E-state index in [-0.39, 0.29) is 11.8 Å². The molecule has 4 aromatic rings. The summed E-state index contributed by atoms with van der Waals surface area (Å²) in [4.78, 5) is 27.1. The summed E-state index contributed by atoms with van der Waals surface area (Å²) in [7, 11) is 3.89. The van der Waals surface area contributed by atoms with E-state index >= 15 is 0 Å². The molecule has 2 N–H and O–H groups in total. The Morgan fingerprint density at radius 3 is 2.55 bits per heavy atom. The SMILES string of the molecule is CN1CCN(CC(=O)N(C)c2cccc(N=C(c3ccccc3)c3c(O)[nH]c4cc(C#N)ccc34)c2)CC1. The van der Waals surface area contributed by atoms with Crippen molar-refractivity contribution in [2.75, 3.05) is 51.7 Å². The lowest BCUT2D eigenvalue weighted by molar-refractivity contribution is -0.119. The number of nitriles is 1. The quantitative estimate of drug-likeness (QED) is 0.383. The number of aromatic amines is 1. The van der Waals surface area contributed by atoms with E-state index in [1.807, 2.05) is 60.7 Å². The molecule has 3 aromatic carbocycles. The Balaban J connectivity index is 1.50. The molecule has 1 amide bonds. The molecule has 0 atom stereocenters. The van der Waals surface area contributed by atoms with Crippen LogP contribution < -0.4 is 4.90 Å². The molecule has 8 heteroatoms. The first-order chi connectivity index (χ1) is 18.4. The number of amides is 1. The number of benzene rings is 3. The number of aliphatic imine (C=N–C) groups is 1. The van der Waals surface area contributed by atoms with Gasteiger partial charge in [-0.3, -0.25) is 9.69 Å². The molecule has 192 valence electrons. The number of carbonyl (C=O) groups excluding carboxylic acids is 1. The summed E-state index contributed by atoms with van der Waals surface area (Å²) in [5.74, 6) is 0.00913. The molecule has 0 saturated carbocycles. The van der Waals surface area contributed by atoms with E-state index < -0.39 is 0 Å². The highest BCUT2D eigenvalue weighted by atomic mass is 16.3. The fraction of sp³-hybridized carbons (Fsp3) is 0.233. The predicted molar refractivity (Wildman–Crippen MR) is 150 cm³/mol. The maximum absolute atomic E-state index is 13.1. The summed E-state index contributed by atoms with van der Waals surface area (Å²) in [6, 6.07) is 24.6. The van der Waals surface area contributed by atoms with Crippen LogP contribution in [-0.4, -0.2) is 78.3 Å². The fourth-order valence-corrected chi connectivity index (χ4v) is 4.70. The minimum Gasteiger partial charge on any atom is -0.494 e. The van der Waals surface area contributed by atoms with E-state index in [1.165, 1.54) is 0 Å². The topological polar surface area (TPSA) is 99.0 Å². The molecule has 1 aromatic heterocycles. The minimum atomic E-state index is -0.0201. The van der Waals surface area contributed by atoms with Gasteiger partial charge in [0, 0.05) is 49.9 Å². The molecule has 1 saturated heterocycles. The molecule has 8 nitrogen and oxygen atoms in total. The van der Waals surface area contributed by atoms with Gasteiger partial charge in [0.25, 0.3) is 0 Å². The molecule has 0 unspecified atom stereocenters. The van der Waals surface area contributed by atoms with Gasteiger partial charge in [-0.15, -0.1) is 0 Å². The molecule has 5 rings (SSSR count). The van der Waals surface area contributed by atoms with Crippen molar-refractivity contribution in [1.29, 1.82) is 5.26 Å². The number of carbonyl (C=O) groups is 1. The third-order valence-electron chi connectivity index (χ3n) is 6.98. The highest BCUT2D eigenvalue weighted by Crippen LogP contribution is 2.32. The molecule has 38 heavy (non-hydrogen) atoms. The lowest BCUT2D eigenvalue weighted by atomic mass is 10.00.